The normalized spacial score (nSPS) is 18.4. The van der Waals surface area contributed by atoms with Gasteiger partial charge in [-0.3, -0.25) is 4.68 Å². The highest BCUT2D eigenvalue weighted by molar-refractivity contribution is 5.85. The van der Waals surface area contributed by atoms with Crippen molar-refractivity contribution in [1.29, 1.82) is 0 Å². The molecule has 0 radical (unpaired) electrons. The third-order valence-corrected chi connectivity index (χ3v) is 4.96. The molecule has 2 aliphatic heterocycles. The Morgan fingerprint density at radius 2 is 1.77 bits per heavy atom. The van der Waals surface area contributed by atoms with Crippen LogP contribution in [-0.2, 0) is 18.4 Å². The average Bonchev–Trinajstić information content (AvgIpc) is 3.03. The van der Waals surface area contributed by atoms with Crippen molar-refractivity contribution in [2.45, 2.75) is 37.6 Å². The van der Waals surface area contributed by atoms with Crippen molar-refractivity contribution in [3.8, 4) is 0 Å². The number of hydrogen-bond acceptors (Lipinski definition) is 2. The van der Waals surface area contributed by atoms with Crippen LogP contribution in [0.4, 0.5) is 0 Å². The van der Waals surface area contributed by atoms with Crippen LogP contribution in [0.25, 0.3) is 0 Å². The molecule has 1 N–H and O–H groups in total. The molecule has 120 valence electrons. The van der Waals surface area contributed by atoms with Gasteiger partial charge in [0, 0.05) is 24.1 Å². The first-order valence-electron chi connectivity index (χ1n) is 7.68. The molecule has 22 heavy (non-hydrogen) atoms. The molecule has 0 atom stereocenters. The molecule has 0 unspecified atom stereocenters. The zero-order valence-corrected chi connectivity index (χ0v) is 14.3. The predicted octanol–water partition coefficient (Wildman–Crippen LogP) is 3.34. The summed E-state index contributed by atoms with van der Waals surface area (Å²) in [4.78, 5) is 0. The second kappa shape index (κ2) is 7.03. The Hall–Kier alpha value is -1.03. The van der Waals surface area contributed by atoms with Gasteiger partial charge in [-0.2, -0.15) is 5.10 Å². The van der Waals surface area contributed by atoms with Gasteiger partial charge < -0.3 is 5.32 Å². The molecule has 1 fully saturated rings. The molecule has 3 nitrogen and oxygen atoms in total. The minimum atomic E-state index is 0. The Balaban J connectivity index is 0.000000882. The van der Waals surface area contributed by atoms with Crippen LogP contribution in [-0.4, -0.2) is 22.9 Å². The summed E-state index contributed by atoms with van der Waals surface area (Å²) in [6, 6.07) is 13.0. The van der Waals surface area contributed by atoms with Crippen molar-refractivity contribution in [1.82, 2.24) is 15.1 Å². The van der Waals surface area contributed by atoms with Crippen LogP contribution in [0.2, 0.25) is 0 Å². The fourth-order valence-electron chi connectivity index (χ4n) is 3.82. The molecule has 4 rings (SSSR count). The van der Waals surface area contributed by atoms with E-state index >= 15 is 0 Å². The first-order chi connectivity index (χ1) is 9.86. The van der Waals surface area contributed by atoms with Crippen LogP contribution < -0.4 is 5.32 Å². The number of fused-ring (bicyclic) bond motifs is 2. The lowest BCUT2D eigenvalue weighted by Gasteiger charge is -2.33. The summed E-state index contributed by atoms with van der Waals surface area (Å²) in [5.41, 5.74) is 4.48. The van der Waals surface area contributed by atoms with E-state index in [1.807, 2.05) is 0 Å². The maximum Gasteiger partial charge on any atom is 0.0671 e. The second-order valence-corrected chi connectivity index (χ2v) is 6.19. The number of halogens is 2. The van der Waals surface area contributed by atoms with Gasteiger partial charge in [-0.15, -0.1) is 24.8 Å². The van der Waals surface area contributed by atoms with Crippen LogP contribution in [0.15, 0.2) is 36.4 Å². The van der Waals surface area contributed by atoms with Crippen molar-refractivity contribution < 1.29 is 0 Å². The second-order valence-electron chi connectivity index (χ2n) is 6.19. The van der Waals surface area contributed by atoms with Crippen LogP contribution >= 0.6 is 24.8 Å². The van der Waals surface area contributed by atoms with Crippen molar-refractivity contribution in [2.24, 2.45) is 0 Å². The van der Waals surface area contributed by atoms with E-state index in [2.05, 4.69) is 46.4 Å². The summed E-state index contributed by atoms with van der Waals surface area (Å²) in [5.74, 6) is 0. The standard InChI is InChI=1S/C17H21N3.2ClH/c1-2-4-14(5-3-1)12-15-13-16-17(6-9-18-10-7-17)8-11-20(16)19-15;;/h1-5,13,18H,6-12H2;2*1H. The Morgan fingerprint density at radius 3 is 2.50 bits per heavy atom. The van der Waals surface area contributed by atoms with Gasteiger partial charge in [0.1, 0.15) is 0 Å². The van der Waals surface area contributed by atoms with E-state index in [9.17, 15) is 0 Å². The number of benzene rings is 1. The summed E-state index contributed by atoms with van der Waals surface area (Å²) < 4.78 is 2.27. The third kappa shape index (κ3) is 3.03. The summed E-state index contributed by atoms with van der Waals surface area (Å²) in [6.07, 6.45) is 4.77. The maximum atomic E-state index is 4.83. The van der Waals surface area contributed by atoms with Crippen LogP contribution in [0.1, 0.15) is 36.2 Å². The number of piperidine rings is 1. The van der Waals surface area contributed by atoms with E-state index in [-0.39, 0.29) is 24.8 Å². The van der Waals surface area contributed by atoms with Crippen LogP contribution in [0, 0.1) is 0 Å². The quantitative estimate of drug-likeness (QED) is 0.909. The molecule has 0 aliphatic carbocycles. The van der Waals surface area contributed by atoms with Gasteiger partial charge in [-0.05, 0) is 44.0 Å². The van der Waals surface area contributed by atoms with Gasteiger partial charge >= 0.3 is 0 Å². The number of rotatable bonds is 2. The number of aryl methyl sites for hydroxylation is 1. The van der Waals surface area contributed by atoms with E-state index < -0.39 is 0 Å². The molecule has 1 aromatic heterocycles. The summed E-state index contributed by atoms with van der Waals surface area (Å²) in [5, 5.41) is 8.32. The molecule has 5 heteroatoms. The Bertz CT molecular complexity index is 604. The highest BCUT2D eigenvalue weighted by Crippen LogP contribution is 2.42. The van der Waals surface area contributed by atoms with E-state index in [0.717, 1.165) is 26.1 Å². The van der Waals surface area contributed by atoms with Crippen LogP contribution in [0.3, 0.4) is 0 Å². The predicted molar refractivity (Wildman–Crippen MR) is 94.4 cm³/mol. The molecular formula is C17H23Cl2N3. The van der Waals surface area contributed by atoms with E-state index in [4.69, 9.17) is 5.10 Å². The fourth-order valence-corrected chi connectivity index (χ4v) is 3.82. The zero-order valence-electron chi connectivity index (χ0n) is 12.6. The van der Waals surface area contributed by atoms with Gasteiger partial charge in [-0.25, -0.2) is 0 Å². The highest BCUT2D eigenvalue weighted by Gasteiger charge is 2.41. The van der Waals surface area contributed by atoms with Crippen molar-refractivity contribution in [3.63, 3.8) is 0 Å². The molecule has 1 aromatic carbocycles. The molecule has 1 spiro atoms. The fraction of sp³-hybridized carbons (Fsp3) is 0.471. The average molecular weight is 340 g/mol. The lowest BCUT2D eigenvalue weighted by molar-refractivity contribution is 0.306. The summed E-state index contributed by atoms with van der Waals surface area (Å²) >= 11 is 0. The van der Waals surface area contributed by atoms with E-state index in [1.54, 1.807) is 0 Å². The Labute approximate surface area is 144 Å². The Morgan fingerprint density at radius 1 is 1.05 bits per heavy atom. The van der Waals surface area contributed by atoms with Gasteiger partial charge in [0.05, 0.1) is 5.69 Å². The first kappa shape index (κ1) is 17.3. The van der Waals surface area contributed by atoms with Crippen LogP contribution in [0.5, 0.6) is 0 Å². The van der Waals surface area contributed by atoms with E-state index in [0.29, 0.717) is 5.41 Å². The molecule has 1 saturated heterocycles. The molecule has 0 amide bonds. The topological polar surface area (TPSA) is 29.9 Å². The smallest absolute Gasteiger partial charge is 0.0671 e. The molecular weight excluding hydrogens is 317 g/mol. The van der Waals surface area contributed by atoms with Crippen molar-refractivity contribution >= 4 is 24.8 Å². The lowest BCUT2D eigenvalue weighted by atomic mass is 9.75. The molecule has 0 saturated carbocycles. The molecule has 3 heterocycles. The highest BCUT2D eigenvalue weighted by atomic mass is 35.5. The zero-order chi connectivity index (χ0) is 13.4. The third-order valence-electron chi connectivity index (χ3n) is 4.96. The van der Waals surface area contributed by atoms with Gasteiger partial charge in [-0.1, -0.05) is 30.3 Å². The number of hydrogen-bond donors (Lipinski definition) is 1. The minimum absolute atomic E-state index is 0. The molecule has 2 aliphatic rings. The lowest BCUT2D eigenvalue weighted by Crippen LogP contribution is -2.38. The molecule has 2 aromatic rings. The van der Waals surface area contributed by atoms with Gasteiger partial charge in [0.2, 0.25) is 0 Å². The summed E-state index contributed by atoms with van der Waals surface area (Å²) in [6.45, 7) is 3.41. The minimum Gasteiger partial charge on any atom is -0.317 e. The number of nitrogens with one attached hydrogen (secondary N) is 1. The van der Waals surface area contributed by atoms with Gasteiger partial charge in [0.15, 0.2) is 0 Å². The maximum absolute atomic E-state index is 4.83. The largest absolute Gasteiger partial charge is 0.317 e. The van der Waals surface area contributed by atoms with Crippen molar-refractivity contribution in [2.75, 3.05) is 13.1 Å². The number of nitrogens with zero attached hydrogens (tertiary/aromatic N) is 2. The van der Waals surface area contributed by atoms with Crippen molar-refractivity contribution in [3.05, 3.63) is 53.3 Å². The number of aromatic nitrogens is 2. The van der Waals surface area contributed by atoms with E-state index in [1.165, 1.54) is 36.2 Å². The Kier molecular flexibility index (Phi) is 5.54. The SMILES string of the molecule is Cl.Cl.c1ccc(Cc2cc3n(n2)CCC32CCNCC2)cc1. The molecule has 0 bridgehead atoms. The monoisotopic (exact) mass is 339 g/mol. The first-order valence-corrected chi connectivity index (χ1v) is 7.68. The van der Waals surface area contributed by atoms with Gasteiger partial charge in [0.25, 0.3) is 0 Å². The summed E-state index contributed by atoms with van der Waals surface area (Å²) in [7, 11) is 0.